The zero-order valence-electron chi connectivity index (χ0n) is 15.3. The van der Waals surface area contributed by atoms with Gasteiger partial charge in [-0.3, -0.25) is 4.79 Å². The summed E-state index contributed by atoms with van der Waals surface area (Å²) in [5, 5.41) is 0. The third-order valence-corrected chi connectivity index (χ3v) is 4.77. The Hall–Kier alpha value is -2.17. The van der Waals surface area contributed by atoms with Crippen LogP contribution in [0.2, 0.25) is 0 Å². The van der Waals surface area contributed by atoms with Crippen molar-refractivity contribution in [2.24, 2.45) is 0 Å². The van der Waals surface area contributed by atoms with Crippen molar-refractivity contribution >= 4 is 5.91 Å². The van der Waals surface area contributed by atoms with Crippen LogP contribution in [0.5, 0.6) is 0 Å². The van der Waals surface area contributed by atoms with Gasteiger partial charge in [-0.05, 0) is 37.1 Å². The monoisotopic (exact) mass is 352 g/mol. The van der Waals surface area contributed by atoms with Gasteiger partial charge in [0, 0.05) is 38.3 Å². The number of ether oxygens (including phenoxy) is 1. The van der Waals surface area contributed by atoms with Gasteiger partial charge in [-0.2, -0.15) is 0 Å². The van der Waals surface area contributed by atoms with Gasteiger partial charge < -0.3 is 14.5 Å². The normalized spacial score (nSPS) is 15.6. The number of benzene rings is 2. The number of carbonyl (C=O) groups excluding carboxylic acids is 1. The van der Waals surface area contributed by atoms with Crippen LogP contribution in [0.15, 0.2) is 60.7 Å². The fourth-order valence-electron chi connectivity index (χ4n) is 3.32. The number of hydrogen-bond acceptors (Lipinski definition) is 3. The van der Waals surface area contributed by atoms with Crippen LogP contribution < -0.4 is 0 Å². The van der Waals surface area contributed by atoms with Crippen molar-refractivity contribution in [2.75, 3.05) is 39.3 Å². The first-order valence-electron chi connectivity index (χ1n) is 9.51. The van der Waals surface area contributed by atoms with E-state index in [2.05, 4.69) is 17.0 Å². The molecule has 2 aromatic rings. The third-order valence-electron chi connectivity index (χ3n) is 4.77. The van der Waals surface area contributed by atoms with Crippen molar-refractivity contribution in [3.63, 3.8) is 0 Å². The molecule has 0 aromatic heterocycles. The first-order valence-corrected chi connectivity index (χ1v) is 9.51. The maximum atomic E-state index is 12.6. The van der Waals surface area contributed by atoms with Crippen LogP contribution in [0.3, 0.4) is 0 Å². The average Bonchev–Trinajstić information content (AvgIpc) is 2.94. The summed E-state index contributed by atoms with van der Waals surface area (Å²) in [5.41, 5.74) is 2.01. The zero-order valence-corrected chi connectivity index (χ0v) is 15.3. The fourth-order valence-corrected chi connectivity index (χ4v) is 3.32. The lowest BCUT2D eigenvalue weighted by Gasteiger charge is -2.22. The molecule has 0 N–H and O–H groups in total. The molecule has 1 aliphatic rings. The molecule has 1 fully saturated rings. The van der Waals surface area contributed by atoms with Gasteiger partial charge in [-0.25, -0.2) is 0 Å². The van der Waals surface area contributed by atoms with Crippen LogP contribution in [0.4, 0.5) is 0 Å². The molecule has 0 spiro atoms. The van der Waals surface area contributed by atoms with E-state index in [0.29, 0.717) is 6.61 Å². The number of nitrogens with zero attached hydrogens (tertiary/aromatic N) is 2. The van der Waals surface area contributed by atoms with E-state index in [1.54, 1.807) is 0 Å². The van der Waals surface area contributed by atoms with E-state index in [1.807, 2.05) is 53.4 Å². The summed E-state index contributed by atoms with van der Waals surface area (Å²) in [5.74, 6) is 0.152. The summed E-state index contributed by atoms with van der Waals surface area (Å²) in [4.78, 5) is 17.0. The van der Waals surface area contributed by atoms with Gasteiger partial charge in [0.05, 0.1) is 6.61 Å². The van der Waals surface area contributed by atoms with E-state index in [0.717, 1.165) is 57.7 Å². The van der Waals surface area contributed by atoms with Crippen molar-refractivity contribution in [1.29, 1.82) is 0 Å². The standard InChI is InChI=1S/C22H28N2O2/c25-22(21-11-5-2-6-12-21)24-15-7-13-23(16-17-24)14-8-18-26-19-20-9-3-1-4-10-20/h1-6,9-12H,7-8,13-19H2. The molecule has 0 unspecified atom stereocenters. The molecule has 4 heteroatoms. The second-order valence-electron chi connectivity index (χ2n) is 6.75. The smallest absolute Gasteiger partial charge is 0.253 e. The van der Waals surface area contributed by atoms with Crippen molar-refractivity contribution in [3.05, 3.63) is 71.8 Å². The zero-order chi connectivity index (χ0) is 18.0. The maximum Gasteiger partial charge on any atom is 0.253 e. The quantitative estimate of drug-likeness (QED) is 0.716. The SMILES string of the molecule is O=C(c1ccccc1)N1CCCN(CCCOCc2ccccc2)CC1. The van der Waals surface area contributed by atoms with Gasteiger partial charge in [0.15, 0.2) is 0 Å². The third kappa shape index (κ3) is 5.68. The fraction of sp³-hybridized carbons (Fsp3) is 0.409. The van der Waals surface area contributed by atoms with Crippen molar-refractivity contribution in [1.82, 2.24) is 9.80 Å². The van der Waals surface area contributed by atoms with Gasteiger partial charge >= 0.3 is 0 Å². The molecule has 0 aliphatic carbocycles. The highest BCUT2D eigenvalue weighted by molar-refractivity contribution is 5.94. The Morgan fingerprint density at radius 3 is 2.38 bits per heavy atom. The van der Waals surface area contributed by atoms with Gasteiger partial charge in [0.25, 0.3) is 5.91 Å². The minimum Gasteiger partial charge on any atom is -0.377 e. The number of amides is 1. The lowest BCUT2D eigenvalue weighted by atomic mass is 10.2. The van der Waals surface area contributed by atoms with Crippen LogP contribution in [0.25, 0.3) is 0 Å². The van der Waals surface area contributed by atoms with Crippen molar-refractivity contribution < 1.29 is 9.53 Å². The van der Waals surface area contributed by atoms with Gasteiger partial charge in [0.1, 0.15) is 0 Å². The first kappa shape index (κ1) is 18.6. The summed E-state index contributed by atoms with van der Waals surface area (Å²) in [7, 11) is 0. The second kappa shape index (κ2) is 10.1. The van der Waals surface area contributed by atoms with Crippen LogP contribution >= 0.6 is 0 Å². The molecule has 26 heavy (non-hydrogen) atoms. The van der Waals surface area contributed by atoms with E-state index in [9.17, 15) is 4.79 Å². The summed E-state index contributed by atoms with van der Waals surface area (Å²) < 4.78 is 5.77. The first-order chi connectivity index (χ1) is 12.8. The van der Waals surface area contributed by atoms with Crippen molar-refractivity contribution in [3.8, 4) is 0 Å². The number of carbonyl (C=O) groups is 1. The molecule has 0 saturated carbocycles. The lowest BCUT2D eigenvalue weighted by Crippen LogP contribution is -2.35. The topological polar surface area (TPSA) is 32.8 Å². The van der Waals surface area contributed by atoms with Gasteiger partial charge in [-0.15, -0.1) is 0 Å². The highest BCUT2D eigenvalue weighted by atomic mass is 16.5. The molecule has 0 radical (unpaired) electrons. The van der Waals surface area contributed by atoms with Crippen LogP contribution in [0.1, 0.15) is 28.8 Å². The van der Waals surface area contributed by atoms with Gasteiger partial charge in [0.2, 0.25) is 0 Å². The Kier molecular flexibility index (Phi) is 7.23. The molecular formula is C22H28N2O2. The predicted molar refractivity (Wildman–Crippen MR) is 104 cm³/mol. The molecule has 1 heterocycles. The van der Waals surface area contributed by atoms with E-state index < -0.39 is 0 Å². The molecule has 0 atom stereocenters. The van der Waals surface area contributed by atoms with Gasteiger partial charge in [-0.1, -0.05) is 48.5 Å². The van der Waals surface area contributed by atoms with Crippen LogP contribution in [-0.4, -0.2) is 55.0 Å². The Labute approximate surface area is 156 Å². The van der Waals surface area contributed by atoms with E-state index in [4.69, 9.17) is 4.74 Å². The Bertz CT molecular complexity index is 660. The molecule has 3 rings (SSSR count). The van der Waals surface area contributed by atoms with Crippen LogP contribution in [0, 0.1) is 0 Å². The van der Waals surface area contributed by atoms with E-state index >= 15 is 0 Å². The molecule has 4 nitrogen and oxygen atoms in total. The lowest BCUT2D eigenvalue weighted by molar-refractivity contribution is 0.0759. The molecule has 1 aliphatic heterocycles. The molecule has 1 amide bonds. The van der Waals surface area contributed by atoms with Crippen molar-refractivity contribution in [2.45, 2.75) is 19.4 Å². The second-order valence-corrected chi connectivity index (χ2v) is 6.75. The highest BCUT2D eigenvalue weighted by Gasteiger charge is 2.19. The Morgan fingerprint density at radius 1 is 0.885 bits per heavy atom. The molecule has 1 saturated heterocycles. The Morgan fingerprint density at radius 2 is 1.62 bits per heavy atom. The van der Waals surface area contributed by atoms with E-state index in [-0.39, 0.29) is 5.91 Å². The number of rotatable bonds is 7. The Balaban J connectivity index is 1.35. The molecular weight excluding hydrogens is 324 g/mol. The predicted octanol–water partition coefficient (Wildman–Crippen LogP) is 3.44. The summed E-state index contributed by atoms with van der Waals surface area (Å²) >= 11 is 0. The van der Waals surface area contributed by atoms with Crippen LogP contribution in [-0.2, 0) is 11.3 Å². The summed E-state index contributed by atoms with van der Waals surface area (Å²) in [6.07, 6.45) is 2.06. The summed E-state index contributed by atoms with van der Waals surface area (Å²) in [6, 6.07) is 19.9. The minimum absolute atomic E-state index is 0.152. The molecule has 138 valence electrons. The molecule has 2 aromatic carbocycles. The minimum atomic E-state index is 0.152. The maximum absolute atomic E-state index is 12.6. The average molecular weight is 352 g/mol. The van der Waals surface area contributed by atoms with E-state index in [1.165, 1.54) is 5.56 Å². The largest absolute Gasteiger partial charge is 0.377 e. The highest BCUT2D eigenvalue weighted by Crippen LogP contribution is 2.10. The number of hydrogen-bond donors (Lipinski definition) is 0. The molecule has 0 bridgehead atoms. The summed E-state index contributed by atoms with van der Waals surface area (Å²) in [6.45, 7) is 6.13.